The number of alkyl carbamates (subject to hydrolysis) is 1. The van der Waals surface area contributed by atoms with Crippen LogP contribution in [0.25, 0.3) is 0 Å². The SMILES string of the molecule is CC(C)C(NC(=O)OCC(C)(C)C)C(=O)CC1CCc2cnsc2CCCCNC(=O)C1=O. The van der Waals surface area contributed by atoms with Gasteiger partial charge in [-0.3, -0.25) is 14.4 Å². The maximum atomic E-state index is 13.1. The summed E-state index contributed by atoms with van der Waals surface area (Å²) >= 11 is 1.46. The zero-order valence-electron chi connectivity index (χ0n) is 20.4. The lowest BCUT2D eigenvalue weighted by Crippen LogP contribution is -2.46. The number of ketones is 2. The summed E-state index contributed by atoms with van der Waals surface area (Å²) in [5.41, 5.74) is 0.882. The Morgan fingerprint density at radius 3 is 2.64 bits per heavy atom. The third-order valence-corrected chi connectivity index (χ3v) is 6.47. The zero-order valence-corrected chi connectivity index (χ0v) is 21.2. The summed E-state index contributed by atoms with van der Waals surface area (Å²) in [6.07, 6.45) is 4.59. The number of carbonyl (C=O) groups excluding carboxylic acids is 4. The van der Waals surface area contributed by atoms with Gasteiger partial charge in [0.05, 0.1) is 12.6 Å². The van der Waals surface area contributed by atoms with Gasteiger partial charge in [-0.25, -0.2) is 9.17 Å². The van der Waals surface area contributed by atoms with E-state index in [1.165, 1.54) is 16.4 Å². The summed E-state index contributed by atoms with van der Waals surface area (Å²) in [6.45, 7) is 10.1. The Morgan fingerprint density at radius 1 is 1.24 bits per heavy atom. The smallest absolute Gasteiger partial charge is 0.407 e. The van der Waals surface area contributed by atoms with Gasteiger partial charge in [0.25, 0.3) is 5.91 Å². The third kappa shape index (κ3) is 8.87. The molecule has 0 saturated carbocycles. The van der Waals surface area contributed by atoms with E-state index in [0.717, 1.165) is 24.8 Å². The average molecular weight is 480 g/mol. The highest BCUT2D eigenvalue weighted by atomic mass is 32.1. The van der Waals surface area contributed by atoms with Crippen LogP contribution in [-0.2, 0) is 32.0 Å². The second-order valence-electron chi connectivity index (χ2n) is 10.3. The lowest BCUT2D eigenvalue weighted by atomic mass is 9.86. The van der Waals surface area contributed by atoms with E-state index in [4.69, 9.17) is 4.74 Å². The van der Waals surface area contributed by atoms with E-state index in [9.17, 15) is 19.2 Å². The minimum Gasteiger partial charge on any atom is -0.449 e. The van der Waals surface area contributed by atoms with Gasteiger partial charge in [0.15, 0.2) is 5.78 Å². The number of aromatic nitrogens is 1. The fraction of sp³-hybridized carbons (Fsp3) is 0.708. The zero-order chi connectivity index (χ0) is 24.6. The van der Waals surface area contributed by atoms with Crippen LogP contribution in [0.4, 0.5) is 4.79 Å². The first kappa shape index (κ1) is 27.0. The molecule has 8 nitrogen and oxygen atoms in total. The number of carbonyl (C=O) groups is 4. The lowest BCUT2D eigenvalue weighted by molar-refractivity contribution is -0.141. The van der Waals surface area contributed by atoms with Gasteiger partial charge < -0.3 is 15.4 Å². The molecule has 0 aliphatic carbocycles. The molecule has 2 unspecified atom stereocenters. The largest absolute Gasteiger partial charge is 0.449 e. The Hall–Kier alpha value is -2.29. The van der Waals surface area contributed by atoms with Crippen molar-refractivity contribution >= 4 is 35.1 Å². The van der Waals surface area contributed by atoms with E-state index in [0.29, 0.717) is 19.4 Å². The van der Waals surface area contributed by atoms with Crippen LogP contribution in [0.5, 0.6) is 0 Å². The molecule has 9 heteroatoms. The van der Waals surface area contributed by atoms with E-state index in [1.54, 1.807) is 0 Å². The number of hydrogen-bond acceptors (Lipinski definition) is 7. The highest BCUT2D eigenvalue weighted by molar-refractivity contribution is 7.05. The van der Waals surface area contributed by atoms with Gasteiger partial charge in [-0.15, -0.1) is 0 Å². The number of nitrogens with zero attached hydrogens (tertiary/aromatic N) is 1. The highest BCUT2D eigenvalue weighted by Gasteiger charge is 2.32. The molecule has 184 valence electrons. The number of ether oxygens (including phenoxy) is 1. The summed E-state index contributed by atoms with van der Waals surface area (Å²) in [5, 5.41) is 5.34. The van der Waals surface area contributed by atoms with E-state index in [1.807, 2.05) is 40.8 Å². The molecule has 0 aromatic carbocycles. The van der Waals surface area contributed by atoms with Crippen molar-refractivity contribution in [3.8, 4) is 0 Å². The van der Waals surface area contributed by atoms with Gasteiger partial charge in [-0.2, -0.15) is 0 Å². The van der Waals surface area contributed by atoms with Crippen molar-refractivity contribution in [1.82, 2.24) is 15.0 Å². The quantitative estimate of drug-likeness (QED) is 0.604. The van der Waals surface area contributed by atoms with Crippen molar-refractivity contribution in [1.29, 1.82) is 0 Å². The molecule has 1 aromatic heterocycles. The molecule has 0 bridgehead atoms. The number of fused-ring (bicyclic) bond motifs is 1. The van der Waals surface area contributed by atoms with Crippen LogP contribution in [0.15, 0.2) is 6.20 Å². The predicted molar refractivity (Wildman–Crippen MR) is 127 cm³/mol. The normalized spacial score (nSPS) is 19.0. The van der Waals surface area contributed by atoms with E-state index in [2.05, 4.69) is 15.0 Å². The number of Topliss-reactive ketones (excluding diaryl/α,β-unsaturated/α-hetero) is 2. The van der Waals surface area contributed by atoms with Crippen LogP contribution in [0, 0.1) is 17.3 Å². The number of hydrogen-bond donors (Lipinski definition) is 2. The molecular formula is C24H37N3O5S. The van der Waals surface area contributed by atoms with E-state index in [-0.39, 0.29) is 30.1 Å². The van der Waals surface area contributed by atoms with Crippen LogP contribution < -0.4 is 10.6 Å². The Balaban J connectivity index is 2.11. The van der Waals surface area contributed by atoms with Crippen molar-refractivity contribution < 1.29 is 23.9 Å². The molecule has 2 amide bonds. The standard InChI is InChI=1S/C24H37N3O5S/c1-15(2)20(27-23(31)32-14-24(3,4)5)18(28)12-16-9-10-17-13-26-33-19(17)8-6-7-11-25-22(30)21(16)29/h13,15-16,20H,6-12,14H2,1-5H3,(H,25,30)(H,27,31). The van der Waals surface area contributed by atoms with Gasteiger partial charge in [0.1, 0.15) is 0 Å². The van der Waals surface area contributed by atoms with Crippen LogP contribution in [0.3, 0.4) is 0 Å². The summed E-state index contributed by atoms with van der Waals surface area (Å²) in [6, 6.07) is -0.798. The monoisotopic (exact) mass is 479 g/mol. The molecule has 2 rings (SSSR count). The fourth-order valence-electron chi connectivity index (χ4n) is 3.67. The number of nitrogens with one attached hydrogen (secondary N) is 2. The van der Waals surface area contributed by atoms with Crippen LogP contribution in [0.1, 0.15) is 70.7 Å². The second-order valence-corrected chi connectivity index (χ2v) is 11.1. The molecule has 2 N–H and O–H groups in total. The second kappa shape index (κ2) is 12.3. The molecule has 0 saturated heterocycles. The predicted octanol–water partition coefficient (Wildman–Crippen LogP) is 3.47. The summed E-state index contributed by atoms with van der Waals surface area (Å²) in [4.78, 5) is 51.9. The Kier molecular flexibility index (Phi) is 10.0. The molecule has 0 spiro atoms. The number of rotatable bonds is 6. The van der Waals surface area contributed by atoms with Crippen molar-refractivity contribution in [2.24, 2.45) is 17.3 Å². The average Bonchev–Trinajstić information content (AvgIpc) is 3.18. The highest BCUT2D eigenvalue weighted by Crippen LogP contribution is 2.23. The van der Waals surface area contributed by atoms with Gasteiger partial charge in [-0.05, 0) is 60.5 Å². The Morgan fingerprint density at radius 2 is 1.97 bits per heavy atom. The minimum absolute atomic E-state index is 0.110. The first-order chi connectivity index (χ1) is 15.5. The molecule has 2 atom stereocenters. The lowest BCUT2D eigenvalue weighted by Gasteiger charge is -2.24. The Bertz CT molecular complexity index is 843. The molecule has 0 radical (unpaired) electrons. The fourth-order valence-corrected chi connectivity index (χ4v) is 4.49. The first-order valence-electron chi connectivity index (χ1n) is 11.7. The van der Waals surface area contributed by atoms with Crippen molar-refractivity contribution in [3.63, 3.8) is 0 Å². The summed E-state index contributed by atoms with van der Waals surface area (Å²) in [5.74, 6) is -2.44. The van der Waals surface area contributed by atoms with Crippen LogP contribution in [0.2, 0.25) is 0 Å². The van der Waals surface area contributed by atoms with Crippen LogP contribution in [-0.4, -0.2) is 47.1 Å². The molecule has 1 aromatic rings. The maximum Gasteiger partial charge on any atom is 0.407 e. The topological polar surface area (TPSA) is 114 Å². The van der Waals surface area contributed by atoms with Crippen molar-refractivity contribution in [2.75, 3.05) is 13.2 Å². The van der Waals surface area contributed by atoms with Gasteiger partial charge in [0, 0.05) is 30.0 Å². The van der Waals surface area contributed by atoms with Gasteiger partial charge in [0.2, 0.25) is 5.78 Å². The minimum atomic E-state index is -0.798. The molecule has 2 heterocycles. The van der Waals surface area contributed by atoms with Crippen LogP contribution >= 0.6 is 11.5 Å². The van der Waals surface area contributed by atoms with E-state index >= 15 is 0 Å². The van der Waals surface area contributed by atoms with Crippen molar-refractivity contribution in [2.45, 2.75) is 79.2 Å². The molecule has 33 heavy (non-hydrogen) atoms. The molecule has 1 aliphatic heterocycles. The summed E-state index contributed by atoms with van der Waals surface area (Å²) in [7, 11) is 0. The molecule has 0 fully saturated rings. The van der Waals surface area contributed by atoms with E-state index < -0.39 is 29.7 Å². The third-order valence-electron chi connectivity index (χ3n) is 5.57. The van der Waals surface area contributed by atoms with Crippen molar-refractivity contribution in [3.05, 3.63) is 16.6 Å². The number of aryl methyl sites for hydroxylation is 2. The maximum absolute atomic E-state index is 13.1. The summed E-state index contributed by atoms with van der Waals surface area (Å²) < 4.78 is 9.53. The first-order valence-corrected chi connectivity index (χ1v) is 12.5. The Labute approximate surface area is 200 Å². The molecule has 1 aliphatic rings. The number of amides is 2. The van der Waals surface area contributed by atoms with Gasteiger partial charge >= 0.3 is 6.09 Å². The van der Waals surface area contributed by atoms with Gasteiger partial charge in [-0.1, -0.05) is 34.6 Å². The molecular weight excluding hydrogens is 442 g/mol.